The summed E-state index contributed by atoms with van der Waals surface area (Å²) in [5, 5.41) is 10.5. The molecule has 170 valence electrons. The van der Waals surface area contributed by atoms with Gasteiger partial charge in [-0.05, 0) is 37.4 Å². The molecular weight excluding hydrogens is 404 g/mol. The normalized spacial score (nSPS) is 12.2. The van der Waals surface area contributed by atoms with E-state index in [1.807, 2.05) is 50.5 Å². The van der Waals surface area contributed by atoms with E-state index in [4.69, 9.17) is 9.47 Å². The molecule has 0 amide bonds. The van der Waals surface area contributed by atoms with E-state index in [9.17, 15) is 5.11 Å². The van der Waals surface area contributed by atoms with Gasteiger partial charge in [0, 0.05) is 44.8 Å². The molecule has 0 saturated heterocycles. The predicted molar refractivity (Wildman–Crippen MR) is 124 cm³/mol. The first-order valence-electron chi connectivity index (χ1n) is 10.7. The van der Waals surface area contributed by atoms with Crippen LogP contribution in [-0.2, 0) is 19.6 Å². The van der Waals surface area contributed by atoms with Gasteiger partial charge in [0.05, 0.1) is 12.8 Å². The standard InChI is InChI=1S/C25H32N4O3/c1-28(17-22-14-26-11-12-27-22)16-21-9-10-24(31-3)25(13-21)32-19-23(30)18-29(2)15-20-7-5-4-6-8-20/h4-14,23,30H,15-19H2,1-3H3. The molecule has 0 aliphatic carbocycles. The van der Waals surface area contributed by atoms with Crippen molar-refractivity contribution in [1.29, 1.82) is 0 Å². The minimum atomic E-state index is -0.614. The second-order valence-electron chi connectivity index (χ2n) is 8.00. The summed E-state index contributed by atoms with van der Waals surface area (Å²) in [7, 11) is 5.64. The summed E-state index contributed by atoms with van der Waals surface area (Å²) in [4.78, 5) is 12.7. The summed E-state index contributed by atoms with van der Waals surface area (Å²) in [6, 6.07) is 16.1. The van der Waals surface area contributed by atoms with Crippen LogP contribution in [-0.4, -0.2) is 65.3 Å². The lowest BCUT2D eigenvalue weighted by atomic mass is 10.2. The Bertz CT molecular complexity index is 940. The van der Waals surface area contributed by atoms with E-state index in [2.05, 4.69) is 31.9 Å². The highest BCUT2D eigenvalue weighted by Gasteiger charge is 2.13. The van der Waals surface area contributed by atoms with Crippen molar-refractivity contribution < 1.29 is 14.6 Å². The molecule has 0 bridgehead atoms. The fraction of sp³-hybridized carbons (Fsp3) is 0.360. The number of benzene rings is 2. The van der Waals surface area contributed by atoms with Crippen LogP contribution in [0.2, 0.25) is 0 Å². The van der Waals surface area contributed by atoms with Crippen molar-refractivity contribution in [2.45, 2.75) is 25.7 Å². The lowest BCUT2D eigenvalue weighted by molar-refractivity contribution is 0.0732. The predicted octanol–water partition coefficient (Wildman–Crippen LogP) is 2.99. The van der Waals surface area contributed by atoms with Crippen molar-refractivity contribution in [3.8, 4) is 11.5 Å². The maximum absolute atomic E-state index is 10.5. The van der Waals surface area contributed by atoms with Crippen LogP contribution in [0, 0.1) is 0 Å². The molecule has 7 nitrogen and oxygen atoms in total. The number of aromatic nitrogens is 2. The van der Waals surface area contributed by atoms with E-state index in [0.29, 0.717) is 24.6 Å². The number of hydrogen-bond donors (Lipinski definition) is 1. The summed E-state index contributed by atoms with van der Waals surface area (Å²) in [5.74, 6) is 1.28. The summed E-state index contributed by atoms with van der Waals surface area (Å²) in [5.41, 5.74) is 3.22. The van der Waals surface area contributed by atoms with Gasteiger partial charge in [-0.1, -0.05) is 36.4 Å². The van der Waals surface area contributed by atoms with Gasteiger partial charge in [-0.3, -0.25) is 19.8 Å². The average molecular weight is 437 g/mol. The Balaban J connectivity index is 1.53. The van der Waals surface area contributed by atoms with Crippen molar-refractivity contribution in [2.24, 2.45) is 0 Å². The molecule has 1 aromatic heterocycles. The first kappa shape index (κ1) is 23.7. The molecule has 1 N–H and O–H groups in total. The molecule has 1 atom stereocenters. The van der Waals surface area contributed by atoms with Gasteiger partial charge in [-0.15, -0.1) is 0 Å². The van der Waals surface area contributed by atoms with Crippen LogP contribution in [0.5, 0.6) is 11.5 Å². The molecule has 1 heterocycles. The van der Waals surface area contributed by atoms with Gasteiger partial charge in [-0.25, -0.2) is 0 Å². The molecule has 7 heteroatoms. The number of rotatable bonds is 12. The molecule has 0 radical (unpaired) electrons. The van der Waals surface area contributed by atoms with Gasteiger partial charge in [0.15, 0.2) is 11.5 Å². The highest BCUT2D eigenvalue weighted by molar-refractivity contribution is 5.43. The average Bonchev–Trinajstić information content (AvgIpc) is 2.79. The summed E-state index contributed by atoms with van der Waals surface area (Å²) < 4.78 is 11.4. The monoisotopic (exact) mass is 436 g/mol. The van der Waals surface area contributed by atoms with Crippen LogP contribution < -0.4 is 9.47 Å². The van der Waals surface area contributed by atoms with E-state index in [1.165, 1.54) is 5.56 Å². The zero-order valence-corrected chi connectivity index (χ0v) is 19.0. The van der Waals surface area contributed by atoms with Crippen molar-refractivity contribution in [3.05, 3.63) is 83.9 Å². The summed E-state index contributed by atoms with van der Waals surface area (Å²) in [6.07, 6.45) is 4.53. The number of methoxy groups -OCH3 is 1. The Kier molecular flexibility index (Phi) is 8.98. The molecule has 2 aromatic carbocycles. The third kappa shape index (κ3) is 7.60. The zero-order valence-electron chi connectivity index (χ0n) is 19.0. The number of aliphatic hydroxyl groups excluding tert-OH is 1. The highest BCUT2D eigenvalue weighted by atomic mass is 16.5. The van der Waals surface area contributed by atoms with Gasteiger partial charge in [-0.2, -0.15) is 0 Å². The van der Waals surface area contributed by atoms with Crippen molar-refractivity contribution in [3.63, 3.8) is 0 Å². The number of likely N-dealkylation sites (N-methyl/N-ethyl adjacent to an activating group) is 1. The molecule has 0 spiro atoms. The third-order valence-corrected chi connectivity index (χ3v) is 4.98. The Labute approximate surface area is 190 Å². The van der Waals surface area contributed by atoms with Crippen LogP contribution >= 0.6 is 0 Å². The van der Waals surface area contributed by atoms with E-state index in [-0.39, 0.29) is 6.61 Å². The molecule has 0 saturated carbocycles. The molecule has 1 unspecified atom stereocenters. The Morgan fingerprint density at radius 1 is 0.906 bits per heavy atom. The quantitative estimate of drug-likeness (QED) is 0.468. The zero-order chi connectivity index (χ0) is 22.8. The first-order valence-corrected chi connectivity index (χ1v) is 10.7. The third-order valence-electron chi connectivity index (χ3n) is 4.98. The Hall–Kier alpha value is -3.00. The lowest BCUT2D eigenvalue weighted by Gasteiger charge is -2.22. The van der Waals surface area contributed by atoms with Gasteiger partial charge < -0.3 is 14.6 Å². The van der Waals surface area contributed by atoms with Crippen LogP contribution in [0.4, 0.5) is 0 Å². The molecule has 3 aromatic rings. The maximum atomic E-state index is 10.5. The van der Waals surface area contributed by atoms with Crippen LogP contribution in [0.15, 0.2) is 67.1 Å². The fourth-order valence-electron chi connectivity index (χ4n) is 3.55. The SMILES string of the molecule is COc1ccc(CN(C)Cc2cnccn2)cc1OCC(O)CN(C)Cc1ccccc1. The number of hydrogen-bond acceptors (Lipinski definition) is 7. The van der Waals surface area contributed by atoms with Crippen molar-refractivity contribution >= 4 is 0 Å². The summed E-state index contributed by atoms with van der Waals surface area (Å²) in [6.45, 7) is 2.89. The van der Waals surface area contributed by atoms with E-state index < -0.39 is 6.10 Å². The molecule has 3 rings (SSSR count). The Morgan fingerprint density at radius 2 is 1.69 bits per heavy atom. The van der Waals surface area contributed by atoms with Gasteiger partial charge in [0.1, 0.15) is 12.7 Å². The summed E-state index contributed by atoms with van der Waals surface area (Å²) >= 11 is 0. The fourth-order valence-corrected chi connectivity index (χ4v) is 3.55. The first-order chi connectivity index (χ1) is 15.5. The lowest BCUT2D eigenvalue weighted by Crippen LogP contribution is -2.32. The second-order valence-corrected chi connectivity index (χ2v) is 8.00. The largest absolute Gasteiger partial charge is 0.493 e. The molecule has 0 aliphatic heterocycles. The van der Waals surface area contributed by atoms with E-state index in [0.717, 1.165) is 24.3 Å². The molecule has 0 fully saturated rings. The van der Waals surface area contributed by atoms with E-state index >= 15 is 0 Å². The smallest absolute Gasteiger partial charge is 0.161 e. The number of ether oxygens (including phenoxy) is 2. The number of nitrogens with zero attached hydrogens (tertiary/aromatic N) is 4. The molecule has 32 heavy (non-hydrogen) atoms. The highest BCUT2D eigenvalue weighted by Crippen LogP contribution is 2.28. The van der Waals surface area contributed by atoms with Crippen LogP contribution in [0.1, 0.15) is 16.8 Å². The van der Waals surface area contributed by atoms with Gasteiger partial charge in [0.25, 0.3) is 0 Å². The number of aliphatic hydroxyl groups is 1. The topological polar surface area (TPSA) is 71.0 Å². The molecular formula is C25H32N4O3. The van der Waals surface area contributed by atoms with Crippen molar-refractivity contribution in [1.82, 2.24) is 19.8 Å². The maximum Gasteiger partial charge on any atom is 0.161 e. The van der Waals surface area contributed by atoms with Gasteiger partial charge >= 0.3 is 0 Å². The van der Waals surface area contributed by atoms with Gasteiger partial charge in [0.2, 0.25) is 0 Å². The van der Waals surface area contributed by atoms with Crippen molar-refractivity contribution in [2.75, 3.05) is 34.4 Å². The van der Waals surface area contributed by atoms with Crippen LogP contribution in [0.25, 0.3) is 0 Å². The second kappa shape index (κ2) is 12.1. The van der Waals surface area contributed by atoms with Crippen LogP contribution in [0.3, 0.4) is 0 Å². The minimum absolute atomic E-state index is 0.189. The minimum Gasteiger partial charge on any atom is -0.493 e. The van der Waals surface area contributed by atoms with E-state index in [1.54, 1.807) is 25.7 Å². The Morgan fingerprint density at radius 3 is 2.41 bits per heavy atom. The molecule has 0 aliphatic rings.